The molecule has 1 aromatic rings. The first-order valence-electron chi connectivity index (χ1n) is 3.94. The fourth-order valence-electron chi connectivity index (χ4n) is 1.00. The highest BCUT2D eigenvalue weighted by Gasteiger charge is 2.17. The molecule has 0 N–H and O–H groups in total. The third-order valence-electron chi connectivity index (χ3n) is 1.67. The summed E-state index contributed by atoms with van der Waals surface area (Å²) in [5.41, 5.74) is 1.18. The highest BCUT2D eigenvalue weighted by atomic mass is 79.9. The van der Waals surface area contributed by atoms with Gasteiger partial charge >= 0.3 is 5.97 Å². The van der Waals surface area contributed by atoms with Gasteiger partial charge in [-0.25, -0.2) is 4.79 Å². The van der Waals surface area contributed by atoms with Crippen molar-refractivity contribution in [1.29, 1.82) is 0 Å². The summed E-state index contributed by atoms with van der Waals surface area (Å²) in [5, 5.41) is 4.02. The highest BCUT2D eigenvalue weighted by Crippen LogP contribution is 2.18. The number of hydrogen-bond acceptors (Lipinski definition) is 3. The molecule has 0 fully saturated rings. The largest absolute Gasteiger partial charge is 0.461 e. The molecule has 0 bridgehead atoms. The lowest BCUT2D eigenvalue weighted by Gasteiger charge is -1.97. The summed E-state index contributed by atoms with van der Waals surface area (Å²) >= 11 is 3.31. The summed E-state index contributed by atoms with van der Waals surface area (Å²) in [6.07, 6.45) is 0. The van der Waals surface area contributed by atoms with Crippen LogP contribution in [0.25, 0.3) is 0 Å². The van der Waals surface area contributed by atoms with Crippen LogP contribution in [0, 0.1) is 6.92 Å². The number of nitrogens with zero attached hydrogens (tertiary/aromatic N) is 2. The molecular weight excluding hydrogens is 236 g/mol. The number of ether oxygens (including phenoxy) is 1. The van der Waals surface area contributed by atoms with Crippen LogP contribution in [0.2, 0.25) is 0 Å². The molecule has 0 unspecified atom stereocenters. The molecule has 0 aliphatic heterocycles. The molecule has 4 nitrogen and oxygen atoms in total. The summed E-state index contributed by atoms with van der Waals surface area (Å²) in [4.78, 5) is 11.3. The van der Waals surface area contributed by atoms with Crippen LogP contribution < -0.4 is 0 Å². The zero-order valence-corrected chi connectivity index (χ0v) is 9.38. The maximum atomic E-state index is 11.3. The molecule has 0 aromatic carbocycles. The standard InChI is InChI=1S/C8H11BrN2O2/c1-4-13-8(12)6-5(2)7(9)11(3)10-6/h4H2,1-3H3. The van der Waals surface area contributed by atoms with E-state index >= 15 is 0 Å². The lowest BCUT2D eigenvalue weighted by Crippen LogP contribution is -2.07. The molecule has 0 radical (unpaired) electrons. The van der Waals surface area contributed by atoms with E-state index in [0.717, 1.165) is 10.2 Å². The van der Waals surface area contributed by atoms with E-state index in [1.54, 1.807) is 18.7 Å². The quantitative estimate of drug-likeness (QED) is 0.746. The molecular formula is C8H11BrN2O2. The van der Waals surface area contributed by atoms with Gasteiger partial charge in [-0.05, 0) is 29.8 Å². The molecule has 0 aliphatic rings. The van der Waals surface area contributed by atoms with Crippen LogP contribution in [-0.4, -0.2) is 22.4 Å². The Morgan fingerprint density at radius 1 is 1.69 bits per heavy atom. The second kappa shape index (κ2) is 3.91. The van der Waals surface area contributed by atoms with Crippen molar-refractivity contribution in [2.75, 3.05) is 6.61 Å². The number of hydrogen-bond donors (Lipinski definition) is 0. The van der Waals surface area contributed by atoms with Gasteiger partial charge in [0.1, 0.15) is 4.60 Å². The SMILES string of the molecule is CCOC(=O)c1nn(C)c(Br)c1C. The Kier molecular flexibility index (Phi) is 3.08. The van der Waals surface area contributed by atoms with Crippen molar-refractivity contribution in [3.8, 4) is 0 Å². The number of halogens is 1. The van der Waals surface area contributed by atoms with Gasteiger partial charge in [0.05, 0.1) is 6.61 Å². The minimum absolute atomic E-state index is 0.368. The number of carbonyl (C=O) groups excluding carboxylic acids is 1. The van der Waals surface area contributed by atoms with Crippen molar-refractivity contribution >= 4 is 21.9 Å². The predicted octanol–water partition coefficient (Wildman–Crippen LogP) is 1.67. The van der Waals surface area contributed by atoms with E-state index in [-0.39, 0.29) is 5.97 Å². The minimum Gasteiger partial charge on any atom is -0.461 e. The zero-order valence-electron chi connectivity index (χ0n) is 7.80. The Bertz CT molecular complexity index is 333. The number of aromatic nitrogens is 2. The third kappa shape index (κ3) is 1.91. The molecule has 0 saturated carbocycles. The molecule has 0 spiro atoms. The first-order valence-corrected chi connectivity index (χ1v) is 4.73. The topological polar surface area (TPSA) is 44.1 Å². The second-order valence-electron chi connectivity index (χ2n) is 2.61. The third-order valence-corrected chi connectivity index (χ3v) is 2.78. The van der Waals surface area contributed by atoms with Crippen LogP contribution in [0.1, 0.15) is 23.0 Å². The molecule has 13 heavy (non-hydrogen) atoms. The van der Waals surface area contributed by atoms with Crippen LogP contribution >= 0.6 is 15.9 Å². The molecule has 72 valence electrons. The van der Waals surface area contributed by atoms with Crippen molar-refractivity contribution < 1.29 is 9.53 Å². The van der Waals surface area contributed by atoms with Gasteiger partial charge < -0.3 is 4.74 Å². The summed E-state index contributed by atoms with van der Waals surface area (Å²) < 4.78 is 7.24. The van der Waals surface area contributed by atoms with Gasteiger partial charge in [0.15, 0.2) is 5.69 Å². The van der Waals surface area contributed by atoms with Crippen LogP contribution in [0.3, 0.4) is 0 Å². The molecule has 1 aromatic heterocycles. The second-order valence-corrected chi connectivity index (χ2v) is 3.36. The van der Waals surface area contributed by atoms with Gasteiger partial charge in [-0.3, -0.25) is 4.68 Å². The average Bonchev–Trinajstić information content (AvgIpc) is 2.33. The average molecular weight is 247 g/mol. The summed E-state index contributed by atoms with van der Waals surface area (Å²) in [7, 11) is 1.76. The van der Waals surface area contributed by atoms with Gasteiger partial charge in [0.25, 0.3) is 0 Å². The fourth-order valence-corrected chi connectivity index (χ4v) is 1.27. The van der Waals surface area contributed by atoms with Gasteiger partial charge in [-0.1, -0.05) is 0 Å². The number of aryl methyl sites for hydroxylation is 1. The maximum absolute atomic E-state index is 11.3. The Hall–Kier alpha value is -0.840. The zero-order chi connectivity index (χ0) is 10.0. The van der Waals surface area contributed by atoms with Crippen molar-refractivity contribution in [2.24, 2.45) is 7.05 Å². The minimum atomic E-state index is -0.374. The number of esters is 1. The van der Waals surface area contributed by atoms with Gasteiger partial charge in [-0.15, -0.1) is 0 Å². The van der Waals surface area contributed by atoms with Crippen molar-refractivity contribution in [1.82, 2.24) is 9.78 Å². The monoisotopic (exact) mass is 246 g/mol. The smallest absolute Gasteiger partial charge is 0.359 e. The lowest BCUT2D eigenvalue weighted by molar-refractivity contribution is 0.0518. The molecule has 0 saturated heterocycles. The van der Waals surface area contributed by atoms with Gasteiger partial charge in [0, 0.05) is 12.6 Å². The summed E-state index contributed by atoms with van der Waals surface area (Å²) in [6.45, 7) is 3.96. The van der Waals surface area contributed by atoms with E-state index < -0.39 is 0 Å². The Morgan fingerprint density at radius 3 is 2.69 bits per heavy atom. The number of rotatable bonds is 2. The molecule has 0 atom stereocenters. The van der Waals surface area contributed by atoms with Crippen LogP contribution in [0.15, 0.2) is 4.60 Å². The summed E-state index contributed by atoms with van der Waals surface area (Å²) in [5.74, 6) is -0.374. The highest BCUT2D eigenvalue weighted by molar-refractivity contribution is 9.10. The first kappa shape index (κ1) is 10.2. The van der Waals surface area contributed by atoms with E-state index in [1.165, 1.54) is 0 Å². The van der Waals surface area contributed by atoms with E-state index in [4.69, 9.17) is 4.74 Å². The molecule has 0 aliphatic carbocycles. The van der Waals surface area contributed by atoms with Crippen molar-refractivity contribution in [2.45, 2.75) is 13.8 Å². The van der Waals surface area contributed by atoms with E-state index in [1.807, 2.05) is 6.92 Å². The molecule has 0 amide bonds. The van der Waals surface area contributed by atoms with E-state index in [9.17, 15) is 4.79 Å². The molecule has 5 heteroatoms. The van der Waals surface area contributed by atoms with Crippen molar-refractivity contribution in [3.63, 3.8) is 0 Å². The van der Waals surface area contributed by atoms with Gasteiger partial charge in [0.2, 0.25) is 0 Å². The molecule has 1 rings (SSSR count). The Balaban J connectivity index is 3.01. The summed E-state index contributed by atoms with van der Waals surface area (Å²) in [6, 6.07) is 0. The fraction of sp³-hybridized carbons (Fsp3) is 0.500. The van der Waals surface area contributed by atoms with Gasteiger partial charge in [-0.2, -0.15) is 5.10 Å². The normalized spacial score (nSPS) is 10.2. The Labute approximate surface area is 85.0 Å². The van der Waals surface area contributed by atoms with E-state index in [2.05, 4.69) is 21.0 Å². The number of carbonyl (C=O) groups is 1. The predicted molar refractivity (Wildman–Crippen MR) is 51.6 cm³/mol. The maximum Gasteiger partial charge on any atom is 0.359 e. The Morgan fingerprint density at radius 2 is 2.31 bits per heavy atom. The van der Waals surface area contributed by atoms with E-state index in [0.29, 0.717) is 12.3 Å². The first-order chi connectivity index (χ1) is 6.07. The van der Waals surface area contributed by atoms with Crippen molar-refractivity contribution in [3.05, 3.63) is 15.9 Å². The van der Waals surface area contributed by atoms with Crippen LogP contribution in [-0.2, 0) is 11.8 Å². The van der Waals surface area contributed by atoms with Crippen LogP contribution in [0.5, 0.6) is 0 Å². The molecule has 1 heterocycles. The van der Waals surface area contributed by atoms with Crippen LogP contribution in [0.4, 0.5) is 0 Å². The lowest BCUT2D eigenvalue weighted by atomic mass is 10.3.